The van der Waals surface area contributed by atoms with Crippen molar-refractivity contribution in [1.29, 1.82) is 0 Å². The molecule has 1 saturated carbocycles. The first-order chi connectivity index (χ1) is 15.4. The molecule has 0 spiro atoms. The number of aromatic nitrogens is 3. The van der Waals surface area contributed by atoms with Crippen LogP contribution in [0.2, 0.25) is 30.8 Å². The summed E-state index contributed by atoms with van der Waals surface area (Å²) in [6.45, 7) is 10.9. The number of hydrogen-bond donors (Lipinski definition) is 1. The number of carbonyl (C=O) groups excluding carboxylic acids is 1. The summed E-state index contributed by atoms with van der Waals surface area (Å²) in [6.07, 6.45) is 4.23. The number of aliphatic hydroxyl groups is 1. The van der Waals surface area contributed by atoms with Gasteiger partial charge in [-0.1, -0.05) is 38.2 Å². The van der Waals surface area contributed by atoms with Crippen LogP contribution in [0.3, 0.4) is 0 Å². The molecule has 0 bridgehead atoms. The zero-order valence-electron chi connectivity index (χ0n) is 20.1. The molecule has 0 aromatic carbocycles. The highest BCUT2D eigenvalue weighted by molar-refractivity contribution is 6.76. The summed E-state index contributed by atoms with van der Waals surface area (Å²) in [5.74, 6) is 0.188. The molecule has 2 aromatic rings. The van der Waals surface area contributed by atoms with Gasteiger partial charge in [0.15, 0.2) is 0 Å². The Morgan fingerprint density at radius 1 is 1.24 bits per heavy atom. The molecule has 10 heteroatoms. The SMILES string of the molecule is CC1(C(=O)N2CCC(O)(Cn3cnc4c(cc(Cl)n4COCC[Si](C)(C)C)c3=O)CC2)CC1. The predicted octanol–water partition coefficient (Wildman–Crippen LogP) is 3.32. The molecule has 33 heavy (non-hydrogen) atoms. The molecule has 0 atom stereocenters. The summed E-state index contributed by atoms with van der Waals surface area (Å²) in [7, 11) is -1.19. The molecule has 1 N–H and O–H groups in total. The lowest BCUT2D eigenvalue weighted by molar-refractivity contribution is -0.141. The van der Waals surface area contributed by atoms with Gasteiger partial charge in [-0.3, -0.25) is 18.7 Å². The molecule has 1 aliphatic carbocycles. The van der Waals surface area contributed by atoms with E-state index in [1.54, 1.807) is 10.6 Å². The van der Waals surface area contributed by atoms with Crippen LogP contribution in [0.5, 0.6) is 0 Å². The third-order valence-corrected chi connectivity index (χ3v) is 9.02. The molecule has 4 rings (SSSR count). The lowest BCUT2D eigenvalue weighted by atomic mass is 9.90. The molecule has 0 radical (unpaired) electrons. The minimum absolute atomic E-state index is 0.142. The second-order valence-electron chi connectivity index (χ2n) is 11.2. The third-order valence-electron chi connectivity index (χ3n) is 7.01. The number of piperidine rings is 1. The fraction of sp³-hybridized carbons (Fsp3) is 0.696. The van der Waals surface area contributed by atoms with Crippen LogP contribution in [0.15, 0.2) is 17.2 Å². The van der Waals surface area contributed by atoms with Crippen molar-refractivity contribution in [2.24, 2.45) is 5.41 Å². The zero-order chi connectivity index (χ0) is 24.0. The smallest absolute Gasteiger partial charge is 0.262 e. The Labute approximate surface area is 200 Å². The van der Waals surface area contributed by atoms with Gasteiger partial charge in [-0.2, -0.15) is 0 Å². The Kier molecular flexibility index (Phi) is 6.54. The Hall–Kier alpha value is -1.68. The first-order valence-corrected chi connectivity index (χ1v) is 15.8. The lowest BCUT2D eigenvalue weighted by Gasteiger charge is -2.39. The van der Waals surface area contributed by atoms with E-state index in [2.05, 4.69) is 24.6 Å². The minimum Gasteiger partial charge on any atom is -0.388 e. The minimum atomic E-state index is -1.19. The van der Waals surface area contributed by atoms with E-state index < -0.39 is 13.7 Å². The highest BCUT2D eigenvalue weighted by Crippen LogP contribution is 2.47. The van der Waals surface area contributed by atoms with E-state index in [4.69, 9.17) is 16.3 Å². The van der Waals surface area contributed by atoms with Crippen molar-refractivity contribution in [2.45, 2.75) is 77.2 Å². The average molecular weight is 495 g/mol. The van der Waals surface area contributed by atoms with Crippen LogP contribution in [0.1, 0.15) is 32.6 Å². The number of likely N-dealkylation sites (tertiary alicyclic amines) is 1. The van der Waals surface area contributed by atoms with Crippen LogP contribution in [-0.2, 0) is 22.8 Å². The van der Waals surface area contributed by atoms with Crippen LogP contribution < -0.4 is 5.56 Å². The molecule has 3 heterocycles. The van der Waals surface area contributed by atoms with Gasteiger partial charge < -0.3 is 14.7 Å². The first-order valence-electron chi connectivity index (χ1n) is 11.7. The van der Waals surface area contributed by atoms with Gasteiger partial charge in [-0.05, 0) is 37.8 Å². The number of halogens is 1. The topological polar surface area (TPSA) is 89.6 Å². The quantitative estimate of drug-likeness (QED) is 0.449. The predicted molar refractivity (Wildman–Crippen MR) is 131 cm³/mol. The van der Waals surface area contributed by atoms with Crippen LogP contribution in [0.4, 0.5) is 0 Å². The van der Waals surface area contributed by atoms with E-state index in [0.717, 1.165) is 18.9 Å². The van der Waals surface area contributed by atoms with E-state index in [9.17, 15) is 14.7 Å². The Morgan fingerprint density at radius 2 is 1.91 bits per heavy atom. The van der Waals surface area contributed by atoms with E-state index in [1.165, 1.54) is 10.9 Å². The van der Waals surface area contributed by atoms with Crippen molar-refractivity contribution < 1.29 is 14.6 Å². The van der Waals surface area contributed by atoms with Crippen molar-refractivity contribution in [2.75, 3.05) is 19.7 Å². The first kappa shape index (κ1) is 24.4. The number of rotatable bonds is 8. The molecule has 2 aliphatic rings. The fourth-order valence-electron chi connectivity index (χ4n) is 4.29. The normalized spacial score (nSPS) is 19.8. The number of ether oxygens (including phenoxy) is 1. The van der Waals surface area contributed by atoms with Crippen LogP contribution in [-0.4, -0.2) is 63.4 Å². The number of amides is 1. The molecule has 2 aromatic heterocycles. The third kappa shape index (κ3) is 5.36. The van der Waals surface area contributed by atoms with Crippen molar-refractivity contribution in [3.63, 3.8) is 0 Å². The summed E-state index contributed by atoms with van der Waals surface area (Å²) in [5.41, 5.74) is -1.00. The van der Waals surface area contributed by atoms with E-state index in [1.807, 2.05) is 11.8 Å². The van der Waals surface area contributed by atoms with Crippen molar-refractivity contribution >= 4 is 36.6 Å². The Balaban J connectivity index is 1.43. The van der Waals surface area contributed by atoms with E-state index >= 15 is 0 Å². The van der Waals surface area contributed by atoms with Gasteiger partial charge in [-0.25, -0.2) is 4.98 Å². The van der Waals surface area contributed by atoms with Crippen LogP contribution >= 0.6 is 11.6 Å². The highest BCUT2D eigenvalue weighted by Gasteiger charge is 2.48. The summed E-state index contributed by atoms with van der Waals surface area (Å²) in [4.78, 5) is 32.0. The summed E-state index contributed by atoms with van der Waals surface area (Å²) in [5, 5.41) is 11.9. The van der Waals surface area contributed by atoms with Gasteiger partial charge in [0.1, 0.15) is 23.9 Å². The second-order valence-corrected chi connectivity index (χ2v) is 17.2. The number of carbonyl (C=O) groups is 1. The van der Waals surface area contributed by atoms with Gasteiger partial charge in [0.25, 0.3) is 5.56 Å². The van der Waals surface area contributed by atoms with Crippen molar-refractivity contribution in [3.8, 4) is 0 Å². The maximum Gasteiger partial charge on any atom is 0.262 e. The molecule has 1 saturated heterocycles. The van der Waals surface area contributed by atoms with E-state index in [-0.39, 0.29) is 30.2 Å². The van der Waals surface area contributed by atoms with Gasteiger partial charge in [0.2, 0.25) is 5.91 Å². The van der Waals surface area contributed by atoms with E-state index in [0.29, 0.717) is 48.7 Å². The maximum atomic E-state index is 13.1. The fourth-order valence-corrected chi connectivity index (χ4v) is 5.28. The second kappa shape index (κ2) is 8.83. The monoisotopic (exact) mass is 494 g/mol. The molecule has 8 nitrogen and oxygen atoms in total. The standard InChI is InChI=1S/C23H35ClN4O4Si/c1-22(5-6-22)21(30)26-9-7-23(31,8-10-26)14-27-15-25-19-17(20(27)29)13-18(24)28(19)16-32-11-12-33(2,3)4/h13,15,31H,5-12,14,16H2,1-4H3. The number of nitrogens with zero attached hydrogens (tertiary/aromatic N) is 4. The summed E-state index contributed by atoms with van der Waals surface area (Å²) in [6, 6.07) is 2.66. The Morgan fingerprint density at radius 3 is 2.52 bits per heavy atom. The summed E-state index contributed by atoms with van der Waals surface area (Å²) >= 11 is 6.38. The van der Waals surface area contributed by atoms with Gasteiger partial charge in [0, 0.05) is 33.2 Å². The Bertz CT molecular complexity index is 1090. The highest BCUT2D eigenvalue weighted by atomic mass is 35.5. The summed E-state index contributed by atoms with van der Waals surface area (Å²) < 4.78 is 8.95. The van der Waals surface area contributed by atoms with Crippen molar-refractivity contribution in [3.05, 3.63) is 27.9 Å². The molecular weight excluding hydrogens is 460 g/mol. The molecule has 1 aliphatic heterocycles. The number of fused-ring (bicyclic) bond motifs is 1. The molecule has 2 fully saturated rings. The molecule has 1 amide bonds. The van der Waals surface area contributed by atoms with Gasteiger partial charge in [0.05, 0.1) is 17.5 Å². The average Bonchev–Trinajstić information content (AvgIpc) is 3.41. The number of hydrogen-bond acceptors (Lipinski definition) is 5. The molecular formula is C23H35ClN4O4Si. The lowest BCUT2D eigenvalue weighted by Crippen LogP contribution is -2.51. The maximum absolute atomic E-state index is 13.1. The molecule has 0 unspecified atom stereocenters. The van der Waals surface area contributed by atoms with Gasteiger partial charge in [-0.15, -0.1) is 0 Å². The van der Waals surface area contributed by atoms with Crippen molar-refractivity contribution in [1.82, 2.24) is 19.0 Å². The zero-order valence-corrected chi connectivity index (χ0v) is 21.8. The van der Waals surface area contributed by atoms with Crippen LogP contribution in [0.25, 0.3) is 11.0 Å². The van der Waals surface area contributed by atoms with Gasteiger partial charge >= 0.3 is 0 Å². The van der Waals surface area contributed by atoms with Crippen LogP contribution in [0, 0.1) is 5.41 Å². The molecule has 182 valence electrons. The largest absolute Gasteiger partial charge is 0.388 e.